The summed E-state index contributed by atoms with van der Waals surface area (Å²) in [6.07, 6.45) is 4.30. The summed E-state index contributed by atoms with van der Waals surface area (Å²) in [4.78, 5) is 18.8. The molecular weight excluding hydrogens is 314 g/mol. The van der Waals surface area contributed by atoms with Gasteiger partial charge in [0.2, 0.25) is 0 Å². The summed E-state index contributed by atoms with van der Waals surface area (Å²) in [6.45, 7) is 3.30. The first-order valence-corrected chi connectivity index (χ1v) is 8.39. The molecule has 6 nitrogen and oxygen atoms in total. The fourth-order valence-electron chi connectivity index (χ4n) is 3.23. The van der Waals surface area contributed by atoms with Crippen molar-refractivity contribution in [2.24, 2.45) is 0 Å². The Balaban J connectivity index is 1.53. The quantitative estimate of drug-likeness (QED) is 0.739. The Morgan fingerprint density at radius 3 is 2.76 bits per heavy atom. The van der Waals surface area contributed by atoms with Crippen LogP contribution < -0.4 is 0 Å². The average molecular weight is 333 g/mol. The van der Waals surface area contributed by atoms with Gasteiger partial charge < -0.3 is 9.47 Å². The third-order valence-electron chi connectivity index (χ3n) is 4.61. The summed E-state index contributed by atoms with van der Waals surface area (Å²) in [6, 6.07) is 13.9. The molecule has 0 spiro atoms. The number of nitrogens with zero attached hydrogens (tertiary/aromatic N) is 5. The highest BCUT2D eigenvalue weighted by Gasteiger charge is 2.29. The predicted molar refractivity (Wildman–Crippen MR) is 94.0 cm³/mol. The van der Waals surface area contributed by atoms with Crippen LogP contribution in [0.5, 0.6) is 0 Å². The lowest BCUT2D eigenvalue weighted by Gasteiger charge is -2.18. The molecule has 3 aromatic rings. The van der Waals surface area contributed by atoms with Crippen molar-refractivity contribution in [3.05, 3.63) is 66.2 Å². The number of likely N-dealkylation sites (tertiary alicyclic amines) is 1. The monoisotopic (exact) mass is 333 g/mol. The molecule has 1 unspecified atom stereocenters. The van der Waals surface area contributed by atoms with Crippen LogP contribution in [0, 0.1) is 6.92 Å². The van der Waals surface area contributed by atoms with Gasteiger partial charge in [-0.3, -0.25) is 9.78 Å². The summed E-state index contributed by atoms with van der Waals surface area (Å²) in [5.74, 6) is 0.876. The summed E-state index contributed by atoms with van der Waals surface area (Å²) in [7, 11) is 0. The molecule has 1 aliphatic heterocycles. The molecule has 1 atom stereocenters. The molecule has 1 fully saturated rings. The minimum atomic E-state index is 0.0318. The molecule has 1 amide bonds. The number of benzene rings is 1. The Kier molecular flexibility index (Phi) is 4.01. The molecule has 0 bridgehead atoms. The van der Waals surface area contributed by atoms with Gasteiger partial charge in [0.15, 0.2) is 5.82 Å². The Morgan fingerprint density at radius 2 is 2.00 bits per heavy atom. The molecule has 0 N–H and O–H groups in total. The molecule has 6 heteroatoms. The van der Waals surface area contributed by atoms with Gasteiger partial charge in [-0.1, -0.05) is 30.3 Å². The number of aromatic nitrogens is 4. The standard InChI is InChI=1S/C19H19N5O/c1-14-7-8-16(11-20-14)19(25)23-10-9-17(12-23)24-13-21-22-18(24)15-5-3-2-4-6-15/h2-8,11,13,17H,9-10,12H2,1H3. The summed E-state index contributed by atoms with van der Waals surface area (Å²) >= 11 is 0. The van der Waals surface area contributed by atoms with Gasteiger partial charge in [0.25, 0.3) is 5.91 Å². The maximum absolute atomic E-state index is 12.7. The van der Waals surface area contributed by atoms with E-state index in [-0.39, 0.29) is 11.9 Å². The first-order chi connectivity index (χ1) is 12.2. The number of carbonyl (C=O) groups excluding carboxylic acids is 1. The number of amides is 1. The van der Waals surface area contributed by atoms with Crippen molar-refractivity contribution in [1.29, 1.82) is 0 Å². The number of rotatable bonds is 3. The molecule has 1 aromatic carbocycles. The summed E-state index contributed by atoms with van der Waals surface area (Å²) in [5.41, 5.74) is 2.58. The van der Waals surface area contributed by atoms with E-state index in [1.807, 2.05) is 54.3 Å². The first kappa shape index (κ1) is 15.5. The normalized spacial score (nSPS) is 17.0. The number of carbonyl (C=O) groups is 1. The molecule has 1 saturated heterocycles. The molecule has 25 heavy (non-hydrogen) atoms. The van der Waals surface area contributed by atoms with Gasteiger partial charge in [-0.05, 0) is 25.5 Å². The van der Waals surface area contributed by atoms with Crippen molar-refractivity contribution in [1.82, 2.24) is 24.6 Å². The number of hydrogen-bond acceptors (Lipinski definition) is 4. The van der Waals surface area contributed by atoms with Gasteiger partial charge in [-0.25, -0.2) is 0 Å². The Labute approximate surface area is 146 Å². The van der Waals surface area contributed by atoms with Gasteiger partial charge >= 0.3 is 0 Å². The molecule has 0 radical (unpaired) electrons. The number of pyridine rings is 1. The van der Waals surface area contributed by atoms with E-state index in [9.17, 15) is 4.79 Å². The zero-order valence-corrected chi connectivity index (χ0v) is 14.0. The number of aryl methyl sites for hydroxylation is 1. The Hall–Kier alpha value is -3.02. The van der Waals surface area contributed by atoms with Gasteiger partial charge in [0.1, 0.15) is 6.33 Å². The molecule has 1 aliphatic rings. The van der Waals surface area contributed by atoms with Crippen LogP contribution >= 0.6 is 0 Å². The van der Waals surface area contributed by atoms with Crippen LogP contribution in [0.3, 0.4) is 0 Å². The van der Waals surface area contributed by atoms with Crippen LogP contribution in [-0.4, -0.2) is 43.6 Å². The van der Waals surface area contributed by atoms with Crippen molar-refractivity contribution in [3.8, 4) is 11.4 Å². The van der Waals surface area contributed by atoms with Gasteiger partial charge in [0.05, 0.1) is 11.6 Å². The molecule has 0 aliphatic carbocycles. The summed E-state index contributed by atoms with van der Waals surface area (Å²) in [5, 5.41) is 8.35. The van der Waals surface area contributed by atoms with Gasteiger partial charge in [-0.2, -0.15) is 0 Å². The maximum Gasteiger partial charge on any atom is 0.255 e. The average Bonchev–Trinajstić information content (AvgIpc) is 3.32. The van der Waals surface area contributed by atoms with E-state index in [0.29, 0.717) is 12.1 Å². The van der Waals surface area contributed by atoms with E-state index >= 15 is 0 Å². The summed E-state index contributed by atoms with van der Waals surface area (Å²) < 4.78 is 2.08. The van der Waals surface area contributed by atoms with Crippen molar-refractivity contribution < 1.29 is 4.79 Å². The van der Waals surface area contributed by atoms with Crippen molar-refractivity contribution in [2.45, 2.75) is 19.4 Å². The van der Waals surface area contributed by atoms with E-state index in [1.54, 1.807) is 12.5 Å². The van der Waals surface area contributed by atoms with Crippen LogP contribution in [0.25, 0.3) is 11.4 Å². The van der Waals surface area contributed by atoms with Crippen molar-refractivity contribution >= 4 is 5.91 Å². The van der Waals surface area contributed by atoms with E-state index < -0.39 is 0 Å². The zero-order chi connectivity index (χ0) is 17.2. The molecule has 126 valence electrons. The van der Waals surface area contributed by atoms with Crippen LogP contribution in [0.15, 0.2) is 55.0 Å². The second-order valence-electron chi connectivity index (χ2n) is 6.31. The third kappa shape index (κ3) is 3.03. The number of hydrogen-bond donors (Lipinski definition) is 0. The fraction of sp³-hybridized carbons (Fsp3) is 0.263. The second kappa shape index (κ2) is 6.47. The highest BCUT2D eigenvalue weighted by Crippen LogP contribution is 2.27. The van der Waals surface area contributed by atoms with Crippen LogP contribution in [-0.2, 0) is 0 Å². The van der Waals surface area contributed by atoms with Crippen LogP contribution in [0.2, 0.25) is 0 Å². The van der Waals surface area contributed by atoms with E-state index in [0.717, 1.165) is 30.0 Å². The highest BCUT2D eigenvalue weighted by molar-refractivity contribution is 5.94. The molecule has 3 heterocycles. The lowest BCUT2D eigenvalue weighted by molar-refractivity contribution is 0.0787. The largest absolute Gasteiger partial charge is 0.336 e. The Morgan fingerprint density at radius 1 is 1.16 bits per heavy atom. The molecule has 2 aromatic heterocycles. The first-order valence-electron chi connectivity index (χ1n) is 8.39. The zero-order valence-electron chi connectivity index (χ0n) is 14.0. The lowest BCUT2D eigenvalue weighted by atomic mass is 10.2. The van der Waals surface area contributed by atoms with E-state index in [1.165, 1.54) is 0 Å². The minimum absolute atomic E-state index is 0.0318. The fourth-order valence-corrected chi connectivity index (χ4v) is 3.23. The molecule has 0 saturated carbocycles. The minimum Gasteiger partial charge on any atom is -0.336 e. The predicted octanol–water partition coefficient (Wildman–Crippen LogP) is 2.74. The van der Waals surface area contributed by atoms with E-state index in [4.69, 9.17) is 0 Å². The highest BCUT2D eigenvalue weighted by atomic mass is 16.2. The SMILES string of the molecule is Cc1ccc(C(=O)N2CCC(n3cnnc3-c3ccccc3)C2)cn1. The smallest absolute Gasteiger partial charge is 0.255 e. The Bertz CT molecular complexity index is 872. The van der Waals surface area contributed by atoms with Gasteiger partial charge in [-0.15, -0.1) is 10.2 Å². The van der Waals surface area contributed by atoms with E-state index in [2.05, 4.69) is 19.7 Å². The molecular formula is C19H19N5O. The van der Waals surface area contributed by atoms with Crippen LogP contribution in [0.4, 0.5) is 0 Å². The van der Waals surface area contributed by atoms with Crippen molar-refractivity contribution in [3.63, 3.8) is 0 Å². The van der Waals surface area contributed by atoms with Crippen LogP contribution in [0.1, 0.15) is 28.5 Å². The lowest BCUT2D eigenvalue weighted by Crippen LogP contribution is -2.29. The molecule has 4 rings (SSSR count). The van der Waals surface area contributed by atoms with Gasteiger partial charge in [0, 0.05) is 30.5 Å². The maximum atomic E-state index is 12.7. The third-order valence-corrected chi connectivity index (χ3v) is 4.61. The second-order valence-corrected chi connectivity index (χ2v) is 6.31. The van der Waals surface area contributed by atoms with Crippen molar-refractivity contribution in [2.75, 3.05) is 13.1 Å². The topological polar surface area (TPSA) is 63.9 Å².